The van der Waals surface area contributed by atoms with Crippen molar-refractivity contribution in [1.29, 1.82) is 0 Å². The highest BCUT2D eigenvalue weighted by Crippen LogP contribution is 2.60. The molecule has 0 radical (unpaired) electrons. The number of anilines is 6. The zero-order chi connectivity index (χ0) is 81.5. The van der Waals surface area contributed by atoms with Crippen molar-refractivity contribution < 1.29 is 4.42 Å². The summed E-state index contributed by atoms with van der Waals surface area (Å²) in [5, 5.41) is 4.79. The van der Waals surface area contributed by atoms with Crippen LogP contribution >= 0.6 is 11.3 Å². The lowest BCUT2D eigenvalue weighted by molar-refractivity contribution is 0.660. The lowest BCUT2D eigenvalue weighted by atomic mass is 9.74. The van der Waals surface area contributed by atoms with E-state index in [0.717, 1.165) is 101 Å². The number of nitrogens with zero attached hydrogens (tertiary/aromatic N) is 2. The van der Waals surface area contributed by atoms with Crippen molar-refractivity contribution in [2.45, 2.75) is 63.2 Å². The third kappa shape index (κ3) is 10.6. The molecule has 0 fully saturated rings. The SMILES string of the molecule is CC1(C)c2ccccc2-c2ccc(N(c3ccc4c(c3)C(C)(c3ccc(-c5cccc(-c6ccc7c(c6)oc6cccc(-c8ccccc8N(c8ccc9c(c8)C(C)(C)c8ccccc8-9)c8ccc9c(c8)C(C)(c8ccccc8)c8ccccc8-9)c67)c5)cc3)c3ccccc3-4)c3ccccc3-c3ccc(-c4cccc5sc6ccccc6c45)cc3)cc21. The van der Waals surface area contributed by atoms with Gasteiger partial charge in [-0.3, -0.25) is 0 Å². The van der Waals surface area contributed by atoms with Crippen LogP contribution in [0.25, 0.3) is 142 Å². The molecule has 18 aromatic carbocycles. The highest BCUT2D eigenvalue weighted by molar-refractivity contribution is 7.26. The molecule has 0 spiro atoms. The fourth-order valence-corrected chi connectivity index (χ4v) is 23.0. The first kappa shape index (κ1) is 71.7. The molecule has 578 valence electrons. The quantitative estimate of drug-likeness (QED) is 0.115. The second-order valence-corrected chi connectivity index (χ2v) is 36.3. The van der Waals surface area contributed by atoms with Gasteiger partial charge >= 0.3 is 0 Å². The van der Waals surface area contributed by atoms with Crippen LogP contribution in [-0.2, 0) is 21.7 Å². The summed E-state index contributed by atoms with van der Waals surface area (Å²) in [4.78, 5) is 5.05. The number of hydrogen-bond acceptors (Lipinski definition) is 4. The molecule has 4 aliphatic rings. The molecule has 122 heavy (non-hydrogen) atoms. The molecule has 2 unspecified atom stereocenters. The lowest BCUT2D eigenvalue weighted by Crippen LogP contribution is -2.23. The number of para-hydroxylation sites is 2. The maximum absolute atomic E-state index is 7.07. The minimum atomic E-state index is -0.501. The Bertz CT molecular complexity index is 7750. The van der Waals surface area contributed by atoms with Gasteiger partial charge in [0.15, 0.2) is 0 Å². The minimum Gasteiger partial charge on any atom is -0.456 e. The number of benzene rings is 18. The van der Waals surface area contributed by atoms with E-state index in [0.29, 0.717) is 0 Å². The van der Waals surface area contributed by atoms with E-state index in [2.05, 4.69) is 452 Å². The van der Waals surface area contributed by atoms with Crippen molar-refractivity contribution in [2.24, 2.45) is 0 Å². The molecule has 0 aliphatic heterocycles. The molecule has 20 aromatic rings. The van der Waals surface area contributed by atoms with Crippen molar-refractivity contribution in [1.82, 2.24) is 0 Å². The standard InChI is InChI=1S/C118H84N2OS/c1-115(2)99-40-17-10-32-87(99)91-63-58-81(69-103(91)115)119(107-44-21-14-31-85(107)74-49-51-75(52-50-74)86-38-26-48-112-114(86)98-37-16-23-47-111(98)122-112)83-60-65-94-90-35-13-20-43-102(90)118(6,106(94)71-83)80-56-53-73(54-57-80)76-27-24-28-77(67-76)78-55-62-97-110(68-78)121-109-46-25-39-96(113(97)109)95-36-15-22-45-108(95)120(82-59-64-92-88-33-11-18-41-100(88)116(3,4)104(92)70-82)84-61-66-93-89-34-12-19-42-101(89)117(5,105(93)72-84)79-29-8-7-9-30-79/h7-72H,1-6H3. The van der Waals surface area contributed by atoms with Gasteiger partial charge in [-0.1, -0.05) is 331 Å². The predicted molar refractivity (Wildman–Crippen MR) is 513 cm³/mol. The average Bonchev–Trinajstić information content (AvgIpc) is 1.54. The average molecular weight is 1580 g/mol. The number of hydrogen-bond donors (Lipinski definition) is 0. The van der Waals surface area contributed by atoms with Gasteiger partial charge in [0.05, 0.1) is 11.4 Å². The molecule has 2 aromatic heterocycles. The van der Waals surface area contributed by atoms with Crippen LogP contribution in [0.3, 0.4) is 0 Å². The van der Waals surface area contributed by atoms with Crippen LogP contribution in [0.4, 0.5) is 34.1 Å². The van der Waals surface area contributed by atoms with Gasteiger partial charge in [-0.05, 0) is 256 Å². The third-order valence-electron chi connectivity index (χ3n) is 28.1. The van der Waals surface area contributed by atoms with Crippen molar-refractivity contribution in [2.75, 3.05) is 9.80 Å². The predicted octanol–water partition coefficient (Wildman–Crippen LogP) is 32.5. The molecule has 4 heteroatoms. The highest BCUT2D eigenvalue weighted by Gasteiger charge is 2.45. The van der Waals surface area contributed by atoms with Crippen molar-refractivity contribution >= 4 is 87.6 Å². The zero-order valence-corrected chi connectivity index (χ0v) is 69.6. The second-order valence-electron chi connectivity index (χ2n) is 35.2. The van der Waals surface area contributed by atoms with E-state index in [1.165, 1.54) is 131 Å². The van der Waals surface area contributed by atoms with Gasteiger partial charge in [0.2, 0.25) is 0 Å². The Morgan fingerprint density at radius 3 is 1.18 bits per heavy atom. The van der Waals surface area contributed by atoms with Crippen LogP contribution in [0.2, 0.25) is 0 Å². The van der Waals surface area contributed by atoms with Gasteiger partial charge in [0, 0.05) is 86.5 Å². The molecular weight excluding hydrogens is 1490 g/mol. The molecule has 2 heterocycles. The van der Waals surface area contributed by atoms with Crippen molar-refractivity contribution in [3.63, 3.8) is 0 Å². The van der Waals surface area contributed by atoms with Crippen LogP contribution in [0.1, 0.15) is 97.2 Å². The fourth-order valence-electron chi connectivity index (χ4n) is 21.9. The van der Waals surface area contributed by atoms with Crippen molar-refractivity contribution in [3.8, 4) is 100 Å². The summed E-state index contributed by atoms with van der Waals surface area (Å²) in [6, 6.07) is 151. The van der Waals surface area contributed by atoms with Gasteiger partial charge in [-0.15, -0.1) is 11.3 Å². The molecule has 2 atom stereocenters. The lowest BCUT2D eigenvalue weighted by Gasteiger charge is -2.32. The van der Waals surface area contributed by atoms with Crippen LogP contribution in [0.15, 0.2) is 405 Å². The molecule has 0 N–H and O–H groups in total. The molecule has 0 bridgehead atoms. The van der Waals surface area contributed by atoms with Crippen molar-refractivity contribution in [3.05, 3.63) is 456 Å². The summed E-state index contributed by atoms with van der Waals surface area (Å²) < 4.78 is 9.70. The number of fused-ring (bicyclic) bond motifs is 18. The first-order valence-corrected chi connectivity index (χ1v) is 43.6. The molecule has 3 nitrogen and oxygen atoms in total. The Morgan fingerprint density at radius 1 is 0.213 bits per heavy atom. The summed E-state index contributed by atoms with van der Waals surface area (Å²) >= 11 is 1.87. The van der Waals surface area contributed by atoms with E-state index < -0.39 is 5.41 Å². The maximum atomic E-state index is 7.07. The topological polar surface area (TPSA) is 19.6 Å². The van der Waals surface area contributed by atoms with Crippen LogP contribution in [0.5, 0.6) is 0 Å². The van der Waals surface area contributed by atoms with Crippen LogP contribution in [0, 0.1) is 0 Å². The second kappa shape index (κ2) is 27.0. The Kier molecular flexibility index (Phi) is 15.9. The molecule has 4 aliphatic carbocycles. The summed E-state index contributed by atoms with van der Waals surface area (Å²) in [6.07, 6.45) is 0. The fraction of sp³-hybridized carbons (Fsp3) is 0.0847. The molecule has 0 saturated carbocycles. The Balaban J connectivity index is 0.579. The summed E-state index contributed by atoms with van der Waals surface area (Å²) in [5.41, 5.74) is 41.9. The Morgan fingerprint density at radius 2 is 0.598 bits per heavy atom. The smallest absolute Gasteiger partial charge is 0.136 e. The third-order valence-corrected chi connectivity index (χ3v) is 29.2. The largest absolute Gasteiger partial charge is 0.456 e. The highest BCUT2D eigenvalue weighted by atomic mass is 32.1. The Labute approximate surface area is 716 Å². The molecule has 24 rings (SSSR count). The number of thiophene rings is 1. The van der Waals surface area contributed by atoms with Gasteiger partial charge in [0.25, 0.3) is 0 Å². The first-order chi connectivity index (χ1) is 59.7. The number of rotatable bonds is 13. The zero-order valence-electron chi connectivity index (χ0n) is 68.8. The molecule has 0 amide bonds. The van der Waals surface area contributed by atoms with E-state index in [1.807, 2.05) is 11.3 Å². The van der Waals surface area contributed by atoms with Gasteiger partial charge in [-0.25, -0.2) is 0 Å². The van der Waals surface area contributed by atoms with E-state index >= 15 is 0 Å². The van der Waals surface area contributed by atoms with Crippen LogP contribution < -0.4 is 9.80 Å². The summed E-state index contributed by atoms with van der Waals surface area (Å²) in [5.74, 6) is 0. The maximum Gasteiger partial charge on any atom is 0.136 e. The van der Waals surface area contributed by atoms with Gasteiger partial charge < -0.3 is 14.2 Å². The summed E-state index contributed by atoms with van der Waals surface area (Å²) in [7, 11) is 0. The minimum absolute atomic E-state index is 0.202. The number of furan rings is 1. The van der Waals surface area contributed by atoms with E-state index in [-0.39, 0.29) is 16.2 Å². The van der Waals surface area contributed by atoms with Crippen LogP contribution in [-0.4, -0.2) is 0 Å². The van der Waals surface area contributed by atoms with Gasteiger partial charge in [-0.2, -0.15) is 0 Å². The summed E-state index contributed by atoms with van der Waals surface area (Å²) in [6.45, 7) is 14.4. The van der Waals surface area contributed by atoms with E-state index in [1.54, 1.807) is 0 Å². The Hall–Kier alpha value is -14.4. The molecular formula is C118H84N2OS. The first-order valence-electron chi connectivity index (χ1n) is 42.8. The normalized spacial score (nSPS) is 15.8. The van der Waals surface area contributed by atoms with E-state index in [4.69, 9.17) is 4.42 Å². The molecule has 0 saturated heterocycles. The van der Waals surface area contributed by atoms with E-state index in [9.17, 15) is 0 Å². The van der Waals surface area contributed by atoms with Gasteiger partial charge in [0.1, 0.15) is 11.2 Å². The monoisotopic (exact) mass is 1580 g/mol.